The minimum atomic E-state index is -3.94. The maximum absolute atomic E-state index is 12.6. The number of benzene rings is 2. The van der Waals surface area contributed by atoms with Gasteiger partial charge in [-0.25, -0.2) is 21.6 Å². The molecular formula is C21H26N2O6S2. The molecule has 8 nitrogen and oxygen atoms in total. The fraction of sp³-hybridized carbons (Fsp3) is 0.381. The number of hydrogen-bond acceptors (Lipinski definition) is 6. The average molecular weight is 467 g/mol. The third kappa shape index (κ3) is 6.60. The molecule has 0 radical (unpaired) electrons. The van der Waals surface area contributed by atoms with Gasteiger partial charge in [0, 0.05) is 24.8 Å². The zero-order valence-electron chi connectivity index (χ0n) is 17.2. The number of sulfonamides is 1. The smallest absolute Gasteiger partial charge is 0.251 e. The maximum atomic E-state index is 12.6. The first-order valence-corrected chi connectivity index (χ1v) is 13.3. The molecule has 0 aliphatic carbocycles. The molecule has 2 N–H and O–H groups in total. The monoisotopic (exact) mass is 466 g/mol. The molecule has 2 aromatic rings. The van der Waals surface area contributed by atoms with Crippen molar-refractivity contribution < 1.29 is 26.4 Å². The van der Waals surface area contributed by atoms with Crippen LogP contribution in [-0.4, -0.2) is 46.9 Å². The first kappa shape index (κ1) is 23.4. The molecule has 1 fully saturated rings. The second-order valence-electron chi connectivity index (χ2n) is 7.39. The van der Waals surface area contributed by atoms with Crippen LogP contribution in [-0.2, 0) is 37.7 Å². The topological polar surface area (TPSA) is 119 Å². The summed E-state index contributed by atoms with van der Waals surface area (Å²) in [5, 5.41) is 2.78. The number of rotatable bonds is 9. The predicted octanol–water partition coefficient (Wildman–Crippen LogP) is 1.62. The van der Waals surface area contributed by atoms with Crippen LogP contribution in [0.15, 0.2) is 53.4 Å². The van der Waals surface area contributed by atoms with Gasteiger partial charge in [0.15, 0.2) is 9.84 Å². The second kappa shape index (κ2) is 9.90. The van der Waals surface area contributed by atoms with E-state index in [1.54, 1.807) is 0 Å². The van der Waals surface area contributed by atoms with E-state index in [1.165, 1.54) is 24.3 Å². The SMILES string of the molecule is CCOCc1ccc(CNC(=O)c2cccc(S(=O)(=O)NC3CCS(=O)(=O)C3)c2)cc1. The second-order valence-corrected chi connectivity index (χ2v) is 11.3. The summed E-state index contributed by atoms with van der Waals surface area (Å²) in [5.41, 5.74) is 2.15. The summed E-state index contributed by atoms with van der Waals surface area (Å²) in [7, 11) is -7.15. The van der Waals surface area contributed by atoms with Crippen LogP contribution in [0, 0.1) is 0 Å². The number of ether oxygens (including phenoxy) is 1. The third-order valence-corrected chi connectivity index (χ3v) is 8.20. The quantitative estimate of drug-likeness (QED) is 0.580. The van der Waals surface area contributed by atoms with Gasteiger partial charge in [-0.3, -0.25) is 4.79 Å². The van der Waals surface area contributed by atoms with Gasteiger partial charge in [-0.05, 0) is 42.7 Å². The van der Waals surface area contributed by atoms with E-state index >= 15 is 0 Å². The normalized spacial score (nSPS) is 18.0. The van der Waals surface area contributed by atoms with Crippen LogP contribution < -0.4 is 10.0 Å². The summed E-state index contributed by atoms with van der Waals surface area (Å²) in [6, 6.07) is 12.7. The van der Waals surface area contributed by atoms with Crippen molar-refractivity contribution in [1.29, 1.82) is 0 Å². The van der Waals surface area contributed by atoms with Crippen molar-refractivity contribution in [2.45, 2.75) is 37.4 Å². The molecule has 10 heteroatoms. The third-order valence-electron chi connectivity index (χ3n) is 4.91. The lowest BCUT2D eigenvalue weighted by Gasteiger charge is -2.12. The predicted molar refractivity (Wildman–Crippen MR) is 117 cm³/mol. The molecule has 0 bridgehead atoms. The lowest BCUT2D eigenvalue weighted by molar-refractivity contribution is 0.0950. The summed E-state index contributed by atoms with van der Waals surface area (Å²) in [5.74, 6) is -0.649. The van der Waals surface area contributed by atoms with E-state index in [0.717, 1.165) is 11.1 Å². The van der Waals surface area contributed by atoms with E-state index < -0.39 is 31.8 Å². The molecule has 168 valence electrons. The highest BCUT2D eigenvalue weighted by atomic mass is 32.2. The lowest BCUT2D eigenvalue weighted by Crippen LogP contribution is -2.35. The molecule has 0 saturated carbocycles. The Morgan fingerprint density at radius 1 is 1.13 bits per heavy atom. The van der Waals surface area contributed by atoms with E-state index in [1.807, 2.05) is 31.2 Å². The van der Waals surface area contributed by atoms with Gasteiger partial charge in [0.1, 0.15) is 0 Å². The molecule has 1 heterocycles. The molecule has 1 atom stereocenters. The van der Waals surface area contributed by atoms with Gasteiger partial charge in [-0.15, -0.1) is 0 Å². The van der Waals surface area contributed by atoms with Gasteiger partial charge in [-0.1, -0.05) is 30.3 Å². The largest absolute Gasteiger partial charge is 0.377 e. The Morgan fingerprint density at radius 2 is 1.84 bits per heavy atom. The number of nitrogens with one attached hydrogen (secondary N) is 2. The zero-order chi connectivity index (χ0) is 22.5. The molecule has 1 amide bonds. The highest BCUT2D eigenvalue weighted by molar-refractivity contribution is 7.92. The molecule has 0 spiro atoms. The molecule has 31 heavy (non-hydrogen) atoms. The maximum Gasteiger partial charge on any atom is 0.251 e. The van der Waals surface area contributed by atoms with Gasteiger partial charge in [-0.2, -0.15) is 0 Å². The number of sulfone groups is 1. The minimum Gasteiger partial charge on any atom is -0.377 e. The molecule has 1 saturated heterocycles. The Hall–Kier alpha value is -2.27. The number of carbonyl (C=O) groups excluding carboxylic acids is 1. The molecule has 1 aliphatic rings. The number of hydrogen-bond donors (Lipinski definition) is 2. The summed E-state index contributed by atoms with van der Waals surface area (Å²) in [6.45, 7) is 3.40. The van der Waals surface area contributed by atoms with Crippen LogP contribution in [0.3, 0.4) is 0 Å². The highest BCUT2D eigenvalue weighted by Gasteiger charge is 2.31. The summed E-state index contributed by atoms with van der Waals surface area (Å²) < 4.78 is 56.1. The van der Waals surface area contributed by atoms with Gasteiger partial charge in [0.25, 0.3) is 5.91 Å². The van der Waals surface area contributed by atoms with Crippen molar-refractivity contribution in [3.05, 3.63) is 65.2 Å². The first-order valence-electron chi connectivity index (χ1n) is 9.95. The van der Waals surface area contributed by atoms with E-state index in [0.29, 0.717) is 19.8 Å². The van der Waals surface area contributed by atoms with Crippen molar-refractivity contribution in [2.24, 2.45) is 0 Å². The Bertz CT molecular complexity index is 1130. The molecule has 0 aromatic heterocycles. The Balaban J connectivity index is 1.62. The van der Waals surface area contributed by atoms with Crippen LogP contribution in [0.1, 0.15) is 34.8 Å². The van der Waals surface area contributed by atoms with Crippen LogP contribution in [0.5, 0.6) is 0 Å². The fourth-order valence-corrected chi connectivity index (χ4v) is 6.33. The first-order chi connectivity index (χ1) is 14.7. The van der Waals surface area contributed by atoms with Gasteiger partial charge >= 0.3 is 0 Å². The van der Waals surface area contributed by atoms with E-state index in [-0.39, 0.29) is 28.4 Å². The molecular weight excluding hydrogens is 440 g/mol. The van der Waals surface area contributed by atoms with Crippen LogP contribution in [0.25, 0.3) is 0 Å². The number of carbonyl (C=O) groups is 1. The van der Waals surface area contributed by atoms with Gasteiger partial charge < -0.3 is 10.1 Å². The van der Waals surface area contributed by atoms with Crippen molar-refractivity contribution in [1.82, 2.24) is 10.0 Å². The lowest BCUT2D eigenvalue weighted by atomic mass is 10.1. The van der Waals surface area contributed by atoms with Crippen LogP contribution >= 0.6 is 0 Å². The van der Waals surface area contributed by atoms with Crippen molar-refractivity contribution in [3.8, 4) is 0 Å². The average Bonchev–Trinajstić information content (AvgIpc) is 3.08. The zero-order valence-corrected chi connectivity index (χ0v) is 18.8. The minimum absolute atomic E-state index is 0.0325. The Kier molecular flexibility index (Phi) is 7.47. The van der Waals surface area contributed by atoms with E-state index in [2.05, 4.69) is 10.0 Å². The fourth-order valence-electron chi connectivity index (χ4n) is 3.24. The van der Waals surface area contributed by atoms with E-state index in [9.17, 15) is 21.6 Å². The molecule has 2 aromatic carbocycles. The summed E-state index contributed by atoms with van der Waals surface area (Å²) >= 11 is 0. The Morgan fingerprint density at radius 3 is 2.48 bits per heavy atom. The van der Waals surface area contributed by atoms with Crippen molar-refractivity contribution in [3.63, 3.8) is 0 Å². The molecule has 1 unspecified atom stereocenters. The standard InChI is InChI=1S/C21H26N2O6S2/c1-2-29-14-17-8-6-16(7-9-17)13-22-21(24)18-4-3-5-20(12-18)31(27,28)23-19-10-11-30(25,26)15-19/h3-9,12,19,23H,2,10-11,13-15H2,1H3,(H,22,24). The van der Waals surface area contributed by atoms with Gasteiger partial charge in [0.2, 0.25) is 10.0 Å². The van der Waals surface area contributed by atoms with E-state index in [4.69, 9.17) is 4.74 Å². The van der Waals surface area contributed by atoms with Crippen molar-refractivity contribution in [2.75, 3.05) is 18.1 Å². The summed E-state index contributed by atoms with van der Waals surface area (Å²) in [6.07, 6.45) is 0.241. The summed E-state index contributed by atoms with van der Waals surface area (Å²) in [4.78, 5) is 12.4. The van der Waals surface area contributed by atoms with Crippen LogP contribution in [0.2, 0.25) is 0 Å². The molecule has 3 rings (SSSR count). The number of amides is 1. The molecule has 1 aliphatic heterocycles. The van der Waals surface area contributed by atoms with Crippen LogP contribution in [0.4, 0.5) is 0 Å². The highest BCUT2D eigenvalue weighted by Crippen LogP contribution is 2.17. The van der Waals surface area contributed by atoms with Gasteiger partial charge in [0.05, 0.1) is 23.0 Å². The Labute approximate surface area is 183 Å². The van der Waals surface area contributed by atoms with Crippen molar-refractivity contribution >= 4 is 25.8 Å².